The van der Waals surface area contributed by atoms with E-state index < -0.39 is 18.7 Å². The zero-order valence-corrected chi connectivity index (χ0v) is 8.48. The highest BCUT2D eigenvalue weighted by Gasteiger charge is 2.27. The number of aliphatic hydroxyl groups is 1. The van der Waals surface area contributed by atoms with E-state index in [0.29, 0.717) is 5.56 Å². The van der Waals surface area contributed by atoms with Crippen LogP contribution >= 0.6 is 11.6 Å². The number of hydrogen-bond donors (Lipinski definition) is 1. The largest absolute Gasteiger partial charge is 0.453 e. The quantitative estimate of drug-likeness (QED) is 0.873. The van der Waals surface area contributed by atoms with Gasteiger partial charge in [0.2, 0.25) is 0 Å². The van der Waals surface area contributed by atoms with Crippen LogP contribution in [0.3, 0.4) is 0 Å². The first-order valence-electron chi connectivity index (χ1n) is 4.38. The van der Waals surface area contributed by atoms with Crippen molar-refractivity contribution in [1.29, 1.82) is 0 Å². The van der Waals surface area contributed by atoms with E-state index in [2.05, 4.69) is 0 Å². The Bertz CT molecular complexity index is 309. The van der Waals surface area contributed by atoms with Crippen molar-refractivity contribution in [3.05, 3.63) is 23.1 Å². The molecule has 1 aromatic heterocycles. The molecule has 15 heavy (non-hydrogen) atoms. The number of hydrogen-bond acceptors (Lipinski definition) is 2. The van der Waals surface area contributed by atoms with E-state index in [0.717, 1.165) is 0 Å². The average Bonchev–Trinajstić information content (AvgIpc) is 2.48. The summed E-state index contributed by atoms with van der Waals surface area (Å²) < 4.78 is 40.1. The molecule has 1 aromatic rings. The second-order valence-corrected chi connectivity index (χ2v) is 3.52. The lowest BCUT2D eigenvalue weighted by atomic mass is 10.1. The van der Waals surface area contributed by atoms with Gasteiger partial charge >= 0.3 is 6.18 Å². The SMILES string of the molecule is OC(CCCC(F)(F)F)c1ccoc1Cl. The second kappa shape index (κ2) is 4.90. The summed E-state index contributed by atoms with van der Waals surface area (Å²) in [5.74, 6) is 0. The van der Waals surface area contributed by atoms with Crippen molar-refractivity contribution in [3.63, 3.8) is 0 Å². The highest BCUT2D eigenvalue weighted by Crippen LogP contribution is 2.29. The third-order valence-corrected chi connectivity index (χ3v) is 2.25. The number of rotatable bonds is 4. The fourth-order valence-corrected chi connectivity index (χ4v) is 1.43. The minimum absolute atomic E-state index is 0.0127. The Morgan fingerprint density at radius 1 is 1.47 bits per heavy atom. The fraction of sp³-hybridized carbons (Fsp3) is 0.556. The van der Waals surface area contributed by atoms with Crippen molar-refractivity contribution in [3.8, 4) is 0 Å². The van der Waals surface area contributed by atoms with Crippen LogP contribution in [0.1, 0.15) is 30.9 Å². The highest BCUT2D eigenvalue weighted by atomic mass is 35.5. The van der Waals surface area contributed by atoms with Crippen molar-refractivity contribution in [2.45, 2.75) is 31.5 Å². The maximum Gasteiger partial charge on any atom is 0.389 e. The molecule has 1 unspecified atom stereocenters. The average molecular weight is 243 g/mol. The summed E-state index contributed by atoms with van der Waals surface area (Å²) in [7, 11) is 0. The van der Waals surface area contributed by atoms with Gasteiger partial charge in [-0.05, 0) is 30.5 Å². The molecule has 0 radical (unpaired) electrons. The molecule has 0 aliphatic heterocycles. The topological polar surface area (TPSA) is 33.4 Å². The van der Waals surface area contributed by atoms with Gasteiger partial charge in [-0.3, -0.25) is 0 Å². The molecular formula is C9H10ClF3O2. The summed E-state index contributed by atoms with van der Waals surface area (Å²) in [6, 6.07) is 1.45. The summed E-state index contributed by atoms with van der Waals surface area (Å²) >= 11 is 5.55. The second-order valence-electron chi connectivity index (χ2n) is 3.17. The highest BCUT2D eigenvalue weighted by molar-refractivity contribution is 6.29. The van der Waals surface area contributed by atoms with E-state index in [1.807, 2.05) is 0 Å². The smallest absolute Gasteiger partial charge is 0.389 e. The fourth-order valence-electron chi connectivity index (χ4n) is 1.19. The molecule has 0 spiro atoms. The number of aliphatic hydroxyl groups excluding tert-OH is 1. The van der Waals surface area contributed by atoms with Crippen molar-refractivity contribution in [2.24, 2.45) is 0 Å². The summed E-state index contributed by atoms with van der Waals surface area (Å²) in [4.78, 5) is 0. The van der Waals surface area contributed by atoms with Gasteiger partial charge in [0.1, 0.15) is 0 Å². The van der Waals surface area contributed by atoms with Crippen LogP contribution in [0.4, 0.5) is 13.2 Å². The van der Waals surface area contributed by atoms with Crippen LogP contribution < -0.4 is 0 Å². The van der Waals surface area contributed by atoms with Crippen LogP contribution in [-0.4, -0.2) is 11.3 Å². The van der Waals surface area contributed by atoms with Crippen LogP contribution in [0, 0.1) is 0 Å². The third-order valence-electron chi connectivity index (χ3n) is 1.94. The van der Waals surface area contributed by atoms with Gasteiger partial charge < -0.3 is 9.52 Å². The van der Waals surface area contributed by atoms with E-state index >= 15 is 0 Å². The summed E-state index contributed by atoms with van der Waals surface area (Å²) in [5, 5.41) is 9.50. The molecule has 6 heteroatoms. The number of furan rings is 1. The van der Waals surface area contributed by atoms with Gasteiger partial charge in [-0.2, -0.15) is 13.2 Å². The van der Waals surface area contributed by atoms with Gasteiger partial charge in [-0.1, -0.05) is 0 Å². The van der Waals surface area contributed by atoms with Gasteiger partial charge in [0.25, 0.3) is 0 Å². The van der Waals surface area contributed by atoms with Gasteiger partial charge in [0, 0.05) is 12.0 Å². The van der Waals surface area contributed by atoms with Crippen molar-refractivity contribution < 1.29 is 22.7 Å². The van der Waals surface area contributed by atoms with E-state index in [1.165, 1.54) is 12.3 Å². The maximum absolute atomic E-state index is 11.8. The molecular weight excluding hydrogens is 233 g/mol. The van der Waals surface area contributed by atoms with E-state index in [9.17, 15) is 18.3 Å². The molecule has 0 aliphatic carbocycles. The molecule has 1 atom stereocenters. The van der Waals surface area contributed by atoms with Crippen LogP contribution in [-0.2, 0) is 0 Å². The maximum atomic E-state index is 11.8. The number of halogens is 4. The molecule has 0 aromatic carbocycles. The summed E-state index contributed by atoms with van der Waals surface area (Å²) in [6.07, 6.45) is -4.92. The molecule has 2 nitrogen and oxygen atoms in total. The summed E-state index contributed by atoms with van der Waals surface area (Å²) in [6.45, 7) is 0. The van der Waals surface area contributed by atoms with Gasteiger partial charge in [0.15, 0.2) is 5.22 Å². The lowest BCUT2D eigenvalue weighted by Crippen LogP contribution is -2.07. The van der Waals surface area contributed by atoms with Crippen LogP contribution in [0.15, 0.2) is 16.7 Å². The third kappa shape index (κ3) is 4.13. The zero-order chi connectivity index (χ0) is 11.5. The normalized spacial score (nSPS) is 14.2. The molecule has 0 fully saturated rings. The Labute approximate surface area is 89.6 Å². The van der Waals surface area contributed by atoms with E-state index in [-0.39, 0.29) is 18.1 Å². The standard InChI is InChI=1S/C9H10ClF3O2/c10-8-6(3-5-15-8)7(14)2-1-4-9(11,12)13/h3,5,7,14H,1-2,4H2. The van der Waals surface area contributed by atoms with Crippen LogP contribution in [0.2, 0.25) is 5.22 Å². The van der Waals surface area contributed by atoms with Gasteiger partial charge in [-0.15, -0.1) is 0 Å². The molecule has 0 amide bonds. The minimum atomic E-state index is -4.18. The van der Waals surface area contributed by atoms with E-state index in [1.54, 1.807) is 0 Å². The Kier molecular flexibility index (Phi) is 4.04. The molecule has 0 aliphatic rings. The van der Waals surface area contributed by atoms with E-state index in [4.69, 9.17) is 16.0 Å². The van der Waals surface area contributed by atoms with Gasteiger partial charge in [-0.25, -0.2) is 0 Å². The minimum Gasteiger partial charge on any atom is -0.453 e. The van der Waals surface area contributed by atoms with Crippen LogP contribution in [0.25, 0.3) is 0 Å². The van der Waals surface area contributed by atoms with Crippen LogP contribution in [0.5, 0.6) is 0 Å². The molecule has 1 N–H and O–H groups in total. The Balaban J connectivity index is 2.37. The predicted octanol–water partition coefficient (Wildman–Crippen LogP) is 3.70. The predicted molar refractivity (Wildman–Crippen MR) is 48.6 cm³/mol. The lowest BCUT2D eigenvalue weighted by Gasteiger charge is -2.10. The zero-order valence-electron chi connectivity index (χ0n) is 7.72. The molecule has 1 heterocycles. The molecule has 0 bridgehead atoms. The first kappa shape index (κ1) is 12.4. The monoisotopic (exact) mass is 242 g/mol. The Hall–Kier alpha value is -0.680. The molecule has 0 saturated heterocycles. The molecule has 1 rings (SSSR count). The summed E-state index contributed by atoms with van der Waals surface area (Å²) in [5.41, 5.74) is 0.332. The van der Waals surface area contributed by atoms with Gasteiger partial charge in [0.05, 0.1) is 12.4 Å². The number of alkyl halides is 3. The van der Waals surface area contributed by atoms with Crippen molar-refractivity contribution in [2.75, 3.05) is 0 Å². The Morgan fingerprint density at radius 2 is 2.13 bits per heavy atom. The lowest BCUT2D eigenvalue weighted by molar-refractivity contribution is -0.136. The Morgan fingerprint density at radius 3 is 2.60 bits per heavy atom. The first-order valence-corrected chi connectivity index (χ1v) is 4.75. The molecule has 86 valence electrons. The van der Waals surface area contributed by atoms with Crippen molar-refractivity contribution >= 4 is 11.6 Å². The molecule has 0 saturated carbocycles. The first-order chi connectivity index (χ1) is 6.90. The van der Waals surface area contributed by atoms with Crippen molar-refractivity contribution in [1.82, 2.24) is 0 Å².